The minimum Gasteiger partial charge on any atom is -0.414 e. The molecule has 0 aromatic carbocycles. The molecule has 0 unspecified atom stereocenters. The molecule has 0 aliphatic carbocycles. The second kappa shape index (κ2) is 6.87. The third kappa shape index (κ3) is 5.68. The summed E-state index contributed by atoms with van der Waals surface area (Å²) in [6.45, 7) is 19.3. The Balaban J connectivity index is 4.68. The van der Waals surface area contributed by atoms with E-state index in [0.29, 0.717) is 18.8 Å². The van der Waals surface area contributed by atoms with Gasteiger partial charge >= 0.3 is 0 Å². The van der Waals surface area contributed by atoms with E-state index in [2.05, 4.69) is 54.3 Å². The fourth-order valence-corrected chi connectivity index (χ4v) is 3.05. The maximum atomic E-state index is 9.93. The molecule has 2 nitrogen and oxygen atoms in total. The first-order valence-electron chi connectivity index (χ1n) is 6.98. The standard InChI is InChI=1S/C15H32O2Si/c1-9-10-13(16)11-14(12(2)3)17-18(7,8)15(4,5)6/h9,12-14,16H,1,10-11H2,2-8H3/t13-,14+/m1/s1. The van der Waals surface area contributed by atoms with Crippen molar-refractivity contribution in [3.05, 3.63) is 12.7 Å². The second-order valence-electron chi connectivity index (χ2n) is 7.07. The van der Waals surface area contributed by atoms with Crippen molar-refractivity contribution in [2.75, 3.05) is 0 Å². The van der Waals surface area contributed by atoms with Crippen LogP contribution < -0.4 is 0 Å². The van der Waals surface area contributed by atoms with Crippen LogP contribution in [0.1, 0.15) is 47.5 Å². The van der Waals surface area contributed by atoms with Crippen LogP contribution in [-0.2, 0) is 4.43 Å². The quantitative estimate of drug-likeness (QED) is 0.551. The van der Waals surface area contributed by atoms with Crippen molar-refractivity contribution in [3.8, 4) is 0 Å². The minimum atomic E-state index is -1.76. The largest absolute Gasteiger partial charge is 0.414 e. The maximum absolute atomic E-state index is 9.93. The van der Waals surface area contributed by atoms with Crippen molar-refractivity contribution in [1.29, 1.82) is 0 Å². The van der Waals surface area contributed by atoms with Crippen molar-refractivity contribution >= 4 is 8.32 Å². The normalized spacial score (nSPS) is 16.7. The lowest BCUT2D eigenvalue weighted by molar-refractivity contribution is 0.0620. The highest BCUT2D eigenvalue weighted by molar-refractivity contribution is 6.74. The average Bonchev–Trinajstić information content (AvgIpc) is 2.14. The Hall–Kier alpha value is -0.123. The molecule has 2 atom stereocenters. The lowest BCUT2D eigenvalue weighted by Crippen LogP contribution is -2.46. The molecule has 0 radical (unpaired) electrons. The van der Waals surface area contributed by atoms with Crippen molar-refractivity contribution in [2.45, 2.75) is 77.8 Å². The molecular weight excluding hydrogens is 240 g/mol. The summed E-state index contributed by atoms with van der Waals surface area (Å²) >= 11 is 0. The predicted octanol–water partition coefficient (Wildman–Crippen LogP) is 4.36. The summed E-state index contributed by atoms with van der Waals surface area (Å²) in [5, 5.41) is 10.1. The van der Waals surface area contributed by atoms with E-state index in [1.807, 2.05) is 0 Å². The first kappa shape index (κ1) is 17.9. The predicted molar refractivity (Wildman–Crippen MR) is 82.3 cm³/mol. The Bertz CT molecular complexity index is 254. The van der Waals surface area contributed by atoms with Gasteiger partial charge in [0.15, 0.2) is 8.32 Å². The van der Waals surface area contributed by atoms with Gasteiger partial charge in [0.2, 0.25) is 0 Å². The second-order valence-corrected chi connectivity index (χ2v) is 11.8. The Morgan fingerprint density at radius 2 is 1.78 bits per heavy atom. The molecule has 0 heterocycles. The first-order chi connectivity index (χ1) is 8.01. The monoisotopic (exact) mass is 272 g/mol. The summed E-state index contributed by atoms with van der Waals surface area (Å²) < 4.78 is 6.43. The molecule has 0 fully saturated rings. The Labute approximate surface area is 115 Å². The summed E-state index contributed by atoms with van der Waals surface area (Å²) in [4.78, 5) is 0. The molecular formula is C15H32O2Si. The van der Waals surface area contributed by atoms with Gasteiger partial charge in [-0.25, -0.2) is 0 Å². The van der Waals surface area contributed by atoms with Crippen LogP contribution in [0.3, 0.4) is 0 Å². The molecule has 0 spiro atoms. The van der Waals surface area contributed by atoms with Crippen LogP contribution in [0.5, 0.6) is 0 Å². The van der Waals surface area contributed by atoms with Crippen LogP contribution in [0.25, 0.3) is 0 Å². The zero-order valence-electron chi connectivity index (χ0n) is 13.3. The minimum absolute atomic E-state index is 0.140. The van der Waals surface area contributed by atoms with Gasteiger partial charge in [-0.3, -0.25) is 0 Å². The fourth-order valence-electron chi connectivity index (χ4n) is 1.57. The highest BCUT2D eigenvalue weighted by Crippen LogP contribution is 2.38. The molecule has 0 amide bonds. The fraction of sp³-hybridized carbons (Fsp3) is 0.867. The van der Waals surface area contributed by atoms with Crippen molar-refractivity contribution in [3.63, 3.8) is 0 Å². The van der Waals surface area contributed by atoms with Crippen LogP contribution in [0, 0.1) is 5.92 Å². The molecule has 0 bridgehead atoms. The Morgan fingerprint density at radius 1 is 1.28 bits per heavy atom. The Morgan fingerprint density at radius 3 is 2.11 bits per heavy atom. The highest BCUT2D eigenvalue weighted by Gasteiger charge is 2.39. The number of hydrogen-bond donors (Lipinski definition) is 1. The first-order valence-corrected chi connectivity index (χ1v) is 9.89. The van der Waals surface area contributed by atoms with E-state index in [1.165, 1.54) is 0 Å². The lowest BCUT2D eigenvalue weighted by atomic mass is 10.00. The molecule has 0 aliphatic rings. The molecule has 0 aromatic heterocycles. The highest BCUT2D eigenvalue weighted by atomic mass is 28.4. The summed E-state index contributed by atoms with van der Waals surface area (Å²) in [6, 6.07) is 0. The van der Waals surface area contributed by atoms with Crippen LogP contribution in [0.15, 0.2) is 12.7 Å². The molecule has 108 valence electrons. The van der Waals surface area contributed by atoms with Crippen molar-refractivity contribution < 1.29 is 9.53 Å². The van der Waals surface area contributed by atoms with Gasteiger partial charge in [-0.2, -0.15) is 0 Å². The molecule has 0 saturated carbocycles. The van der Waals surface area contributed by atoms with Gasteiger partial charge in [0, 0.05) is 6.10 Å². The summed E-state index contributed by atoms with van der Waals surface area (Å²) in [6.07, 6.45) is 2.93. The summed E-state index contributed by atoms with van der Waals surface area (Å²) in [7, 11) is -1.76. The van der Waals surface area contributed by atoms with Gasteiger partial charge in [-0.1, -0.05) is 40.7 Å². The van der Waals surface area contributed by atoms with Crippen LogP contribution in [0.2, 0.25) is 18.1 Å². The van der Waals surface area contributed by atoms with E-state index < -0.39 is 8.32 Å². The van der Waals surface area contributed by atoms with Crippen molar-refractivity contribution in [1.82, 2.24) is 0 Å². The molecule has 0 aromatic rings. The van der Waals surface area contributed by atoms with Crippen LogP contribution >= 0.6 is 0 Å². The molecule has 0 rings (SSSR count). The van der Waals surface area contributed by atoms with Gasteiger partial charge in [-0.05, 0) is 36.9 Å². The molecule has 1 N–H and O–H groups in total. The number of hydrogen-bond acceptors (Lipinski definition) is 2. The smallest absolute Gasteiger partial charge is 0.192 e. The van der Waals surface area contributed by atoms with E-state index in [9.17, 15) is 5.11 Å². The van der Waals surface area contributed by atoms with Gasteiger partial charge in [0.25, 0.3) is 0 Å². The van der Waals surface area contributed by atoms with Gasteiger partial charge < -0.3 is 9.53 Å². The number of aliphatic hydroxyl groups is 1. The topological polar surface area (TPSA) is 29.5 Å². The lowest BCUT2D eigenvalue weighted by Gasteiger charge is -2.41. The average molecular weight is 273 g/mol. The van der Waals surface area contributed by atoms with E-state index >= 15 is 0 Å². The SMILES string of the molecule is C=CC[C@@H](O)C[C@H](O[Si](C)(C)C(C)(C)C)C(C)C. The number of aliphatic hydroxyl groups excluding tert-OH is 1. The van der Waals surface area contributed by atoms with E-state index in [0.717, 1.165) is 0 Å². The van der Waals surface area contributed by atoms with Crippen LogP contribution in [-0.4, -0.2) is 25.6 Å². The molecule has 0 aliphatic heterocycles. The van der Waals surface area contributed by atoms with Gasteiger partial charge in [0.1, 0.15) is 0 Å². The van der Waals surface area contributed by atoms with Crippen molar-refractivity contribution in [2.24, 2.45) is 5.92 Å². The molecule has 18 heavy (non-hydrogen) atoms. The maximum Gasteiger partial charge on any atom is 0.192 e. The Kier molecular flexibility index (Phi) is 6.83. The van der Waals surface area contributed by atoms with E-state index in [-0.39, 0.29) is 17.2 Å². The molecule has 0 saturated heterocycles. The zero-order chi connectivity index (χ0) is 14.6. The number of rotatable bonds is 7. The summed E-state index contributed by atoms with van der Waals surface area (Å²) in [5.74, 6) is 0.429. The molecule has 3 heteroatoms. The summed E-state index contributed by atoms with van der Waals surface area (Å²) in [5.41, 5.74) is 0. The van der Waals surface area contributed by atoms with Gasteiger partial charge in [-0.15, -0.1) is 6.58 Å². The van der Waals surface area contributed by atoms with E-state index in [4.69, 9.17) is 4.43 Å². The van der Waals surface area contributed by atoms with Crippen LogP contribution in [0.4, 0.5) is 0 Å². The van der Waals surface area contributed by atoms with E-state index in [1.54, 1.807) is 6.08 Å². The van der Waals surface area contributed by atoms with Gasteiger partial charge in [0.05, 0.1) is 6.10 Å². The zero-order valence-corrected chi connectivity index (χ0v) is 14.3. The third-order valence-electron chi connectivity index (χ3n) is 3.94. The third-order valence-corrected chi connectivity index (χ3v) is 8.44.